The van der Waals surface area contributed by atoms with Crippen LogP contribution >= 0.6 is 11.6 Å². The molecule has 4 heteroatoms. The van der Waals surface area contributed by atoms with Crippen molar-refractivity contribution >= 4 is 11.6 Å². The van der Waals surface area contributed by atoms with Crippen molar-refractivity contribution in [1.82, 2.24) is 0 Å². The molecule has 72 valence electrons. The Kier molecular flexibility index (Phi) is 3.12. The number of aromatic hydroxyl groups is 1. The Bertz CT molecular complexity index is 293. The topological polar surface area (TPSA) is 46.2 Å². The Labute approximate surface area is 81.1 Å². The molecule has 1 unspecified atom stereocenters. The Hall–Kier alpha value is -0.800. The van der Waals surface area contributed by atoms with Gasteiger partial charge in [0.25, 0.3) is 0 Å². The number of phenols is 1. The smallest absolute Gasteiger partial charge is 0.183 e. The number of hydrogen-bond donors (Lipinski definition) is 2. The monoisotopic (exact) mass is 203 g/mol. The summed E-state index contributed by atoms with van der Waals surface area (Å²) >= 11 is 5.54. The highest BCUT2D eigenvalue weighted by Crippen LogP contribution is 2.28. The van der Waals surface area contributed by atoms with Gasteiger partial charge in [0.2, 0.25) is 0 Å². The maximum Gasteiger partial charge on any atom is 0.183 e. The first-order valence-electron chi connectivity index (χ1n) is 3.94. The van der Waals surface area contributed by atoms with Gasteiger partial charge in [-0.25, -0.2) is 4.39 Å². The molecule has 1 aromatic rings. The average Bonchev–Trinajstić information content (AvgIpc) is 2.12. The molecule has 0 aliphatic carbocycles. The molecule has 0 heterocycles. The summed E-state index contributed by atoms with van der Waals surface area (Å²) in [5.74, 6) is -1.15. The molecule has 3 N–H and O–H groups in total. The van der Waals surface area contributed by atoms with Gasteiger partial charge in [-0.1, -0.05) is 18.5 Å². The fraction of sp³-hybridized carbons (Fsp3) is 0.333. The molecule has 0 amide bonds. The van der Waals surface area contributed by atoms with Crippen LogP contribution in [-0.4, -0.2) is 11.7 Å². The quantitative estimate of drug-likeness (QED) is 0.775. The largest absolute Gasteiger partial charge is 0.505 e. The van der Waals surface area contributed by atoms with Gasteiger partial charge in [-0.3, -0.25) is 0 Å². The molecule has 1 aromatic carbocycles. The van der Waals surface area contributed by atoms with Crippen LogP contribution in [0.2, 0.25) is 5.02 Å². The highest BCUT2D eigenvalue weighted by atomic mass is 35.5. The van der Waals surface area contributed by atoms with Crippen molar-refractivity contribution in [2.45, 2.75) is 12.8 Å². The maximum absolute atomic E-state index is 12.9. The third kappa shape index (κ3) is 2.11. The van der Waals surface area contributed by atoms with Gasteiger partial charge in [0, 0.05) is 0 Å². The van der Waals surface area contributed by atoms with Gasteiger partial charge in [0.05, 0.1) is 5.02 Å². The van der Waals surface area contributed by atoms with Crippen LogP contribution in [0.4, 0.5) is 4.39 Å². The van der Waals surface area contributed by atoms with E-state index in [1.54, 1.807) is 0 Å². The fourth-order valence-corrected chi connectivity index (χ4v) is 1.24. The van der Waals surface area contributed by atoms with Crippen LogP contribution in [0.5, 0.6) is 5.75 Å². The van der Waals surface area contributed by atoms with Crippen LogP contribution in [0.15, 0.2) is 12.1 Å². The minimum Gasteiger partial charge on any atom is -0.505 e. The van der Waals surface area contributed by atoms with Crippen molar-refractivity contribution in [3.63, 3.8) is 0 Å². The zero-order chi connectivity index (χ0) is 10.0. The molecule has 0 bridgehead atoms. The second-order valence-electron chi connectivity index (χ2n) is 2.97. The predicted molar refractivity (Wildman–Crippen MR) is 50.5 cm³/mol. The highest BCUT2D eigenvalue weighted by Gasteiger charge is 2.11. The summed E-state index contributed by atoms with van der Waals surface area (Å²) in [5.41, 5.74) is 6.17. The molecule has 0 spiro atoms. The van der Waals surface area contributed by atoms with Crippen molar-refractivity contribution in [1.29, 1.82) is 0 Å². The molecule has 1 rings (SSSR count). The lowest BCUT2D eigenvalue weighted by atomic mass is 10.0. The first-order chi connectivity index (χ1) is 6.06. The van der Waals surface area contributed by atoms with Crippen molar-refractivity contribution in [3.05, 3.63) is 28.5 Å². The van der Waals surface area contributed by atoms with Crippen LogP contribution in [0.25, 0.3) is 0 Å². The second-order valence-corrected chi connectivity index (χ2v) is 3.38. The average molecular weight is 204 g/mol. The van der Waals surface area contributed by atoms with Crippen LogP contribution in [-0.2, 0) is 0 Å². The minimum atomic E-state index is -0.783. The standard InChI is InChI=1S/C9H11ClFNO/c1-5(4-12)6-2-7(10)9(11)8(13)3-6/h2-3,5,13H,4,12H2,1H3. The normalized spacial score (nSPS) is 12.9. The van der Waals surface area contributed by atoms with Gasteiger partial charge in [-0.05, 0) is 30.2 Å². The number of halogens is 2. The van der Waals surface area contributed by atoms with E-state index < -0.39 is 11.6 Å². The van der Waals surface area contributed by atoms with Gasteiger partial charge in [0.15, 0.2) is 11.6 Å². The lowest BCUT2D eigenvalue weighted by molar-refractivity contribution is 0.431. The third-order valence-corrected chi connectivity index (χ3v) is 2.23. The predicted octanol–water partition coefficient (Wildman–Crippen LogP) is 2.25. The van der Waals surface area contributed by atoms with Crippen molar-refractivity contribution in [2.24, 2.45) is 5.73 Å². The summed E-state index contributed by atoms with van der Waals surface area (Å²) in [6.07, 6.45) is 0. The Morgan fingerprint density at radius 1 is 1.62 bits per heavy atom. The lowest BCUT2D eigenvalue weighted by Crippen LogP contribution is -2.08. The van der Waals surface area contributed by atoms with Gasteiger partial charge in [0.1, 0.15) is 0 Å². The summed E-state index contributed by atoms with van der Waals surface area (Å²) in [6, 6.07) is 2.83. The number of phenolic OH excluding ortho intramolecular Hbond substituents is 1. The molecule has 0 radical (unpaired) electrons. The summed E-state index contributed by atoms with van der Waals surface area (Å²) in [4.78, 5) is 0. The molecule has 0 saturated carbocycles. The molecule has 0 aromatic heterocycles. The molecule has 0 saturated heterocycles. The van der Waals surface area contributed by atoms with E-state index in [-0.39, 0.29) is 10.9 Å². The highest BCUT2D eigenvalue weighted by molar-refractivity contribution is 6.30. The molecule has 0 fully saturated rings. The molecule has 13 heavy (non-hydrogen) atoms. The molecule has 1 atom stereocenters. The molecule has 2 nitrogen and oxygen atoms in total. The van der Waals surface area contributed by atoms with E-state index in [9.17, 15) is 4.39 Å². The first kappa shape index (κ1) is 10.3. The van der Waals surface area contributed by atoms with E-state index in [0.29, 0.717) is 6.54 Å². The van der Waals surface area contributed by atoms with Gasteiger partial charge in [-0.2, -0.15) is 0 Å². The van der Waals surface area contributed by atoms with Crippen LogP contribution in [0, 0.1) is 5.82 Å². The van der Waals surface area contributed by atoms with E-state index in [4.69, 9.17) is 22.4 Å². The number of benzene rings is 1. The Morgan fingerprint density at radius 3 is 2.69 bits per heavy atom. The van der Waals surface area contributed by atoms with E-state index in [1.807, 2.05) is 6.92 Å². The van der Waals surface area contributed by atoms with Crippen molar-refractivity contribution in [2.75, 3.05) is 6.54 Å². The number of nitrogens with two attached hydrogens (primary N) is 1. The Morgan fingerprint density at radius 2 is 2.23 bits per heavy atom. The summed E-state index contributed by atoms with van der Waals surface area (Å²) in [6.45, 7) is 2.31. The van der Waals surface area contributed by atoms with Gasteiger partial charge in [-0.15, -0.1) is 0 Å². The minimum absolute atomic E-state index is 0.0593. The zero-order valence-corrected chi connectivity index (χ0v) is 7.98. The number of hydrogen-bond acceptors (Lipinski definition) is 2. The fourth-order valence-electron chi connectivity index (χ4n) is 1.02. The summed E-state index contributed by atoms with van der Waals surface area (Å²) in [7, 11) is 0. The zero-order valence-electron chi connectivity index (χ0n) is 7.22. The van der Waals surface area contributed by atoms with E-state index in [0.717, 1.165) is 5.56 Å². The number of rotatable bonds is 2. The van der Waals surface area contributed by atoms with E-state index >= 15 is 0 Å². The van der Waals surface area contributed by atoms with E-state index in [2.05, 4.69) is 0 Å². The Balaban J connectivity index is 3.13. The molecular formula is C9H11ClFNO. The lowest BCUT2D eigenvalue weighted by Gasteiger charge is -2.10. The van der Waals surface area contributed by atoms with Crippen molar-refractivity contribution in [3.8, 4) is 5.75 Å². The molecule has 0 aliphatic rings. The SMILES string of the molecule is CC(CN)c1cc(O)c(F)c(Cl)c1. The van der Waals surface area contributed by atoms with Crippen LogP contribution < -0.4 is 5.73 Å². The van der Waals surface area contributed by atoms with Crippen LogP contribution in [0.1, 0.15) is 18.4 Å². The van der Waals surface area contributed by atoms with Crippen LogP contribution in [0.3, 0.4) is 0 Å². The first-order valence-corrected chi connectivity index (χ1v) is 4.32. The van der Waals surface area contributed by atoms with Gasteiger partial charge >= 0.3 is 0 Å². The molecular weight excluding hydrogens is 193 g/mol. The second kappa shape index (κ2) is 3.94. The van der Waals surface area contributed by atoms with Crippen molar-refractivity contribution < 1.29 is 9.50 Å². The van der Waals surface area contributed by atoms with Gasteiger partial charge < -0.3 is 10.8 Å². The third-order valence-electron chi connectivity index (χ3n) is 1.95. The van der Waals surface area contributed by atoms with E-state index in [1.165, 1.54) is 12.1 Å². The maximum atomic E-state index is 12.9. The summed E-state index contributed by atoms with van der Waals surface area (Å²) in [5, 5.41) is 9.05. The molecule has 0 aliphatic heterocycles. The summed E-state index contributed by atoms with van der Waals surface area (Å²) < 4.78 is 12.9.